The van der Waals surface area contributed by atoms with Crippen LogP contribution in [0, 0.1) is 11.8 Å². The first kappa shape index (κ1) is 15.9. The summed E-state index contributed by atoms with van der Waals surface area (Å²) in [6.07, 6.45) is 29.7. The van der Waals surface area contributed by atoms with Crippen LogP contribution in [0.3, 0.4) is 0 Å². The zero-order chi connectivity index (χ0) is 13.9. The second-order valence-corrected chi connectivity index (χ2v) is 7.00. The van der Waals surface area contributed by atoms with Crippen molar-refractivity contribution < 1.29 is 0 Å². The highest BCUT2D eigenvalue weighted by Gasteiger charge is 2.11. The molecule has 0 heterocycles. The monoisotopic (exact) mass is 274 g/mol. The number of unbranched alkanes of at least 4 members (excludes halogenated alkanes) is 1. The van der Waals surface area contributed by atoms with Crippen molar-refractivity contribution in [3.05, 3.63) is 24.3 Å². The van der Waals surface area contributed by atoms with Crippen molar-refractivity contribution in [3.8, 4) is 0 Å². The Morgan fingerprint density at radius 3 is 1.30 bits per heavy atom. The fraction of sp³-hybridized carbons (Fsp3) is 0.800. The van der Waals surface area contributed by atoms with Gasteiger partial charge < -0.3 is 0 Å². The summed E-state index contributed by atoms with van der Waals surface area (Å²) in [4.78, 5) is 0. The standard InChI is InChI=1S/C20H34/c1(3-7-13-19-15-9-5-10-16-19)2-4-8-14-20-17-11-6-12-18-20/h3-4,7-8,19-20H,1-2,5-6,9-18H2/b7-3+,8-4+. The van der Waals surface area contributed by atoms with E-state index in [9.17, 15) is 0 Å². The summed E-state index contributed by atoms with van der Waals surface area (Å²) < 4.78 is 0. The van der Waals surface area contributed by atoms with Crippen LogP contribution in [0.2, 0.25) is 0 Å². The summed E-state index contributed by atoms with van der Waals surface area (Å²) in [5.74, 6) is 2.00. The molecular formula is C20H34. The van der Waals surface area contributed by atoms with Gasteiger partial charge in [-0.2, -0.15) is 0 Å². The molecule has 0 aromatic rings. The predicted octanol–water partition coefficient (Wildman–Crippen LogP) is 6.82. The van der Waals surface area contributed by atoms with Gasteiger partial charge in [-0.25, -0.2) is 0 Å². The summed E-state index contributed by atoms with van der Waals surface area (Å²) in [5.41, 5.74) is 0. The van der Waals surface area contributed by atoms with Gasteiger partial charge in [0.05, 0.1) is 0 Å². The number of hydrogen-bond acceptors (Lipinski definition) is 0. The largest absolute Gasteiger partial charge is 0.0883 e. The van der Waals surface area contributed by atoms with E-state index >= 15 is 0 Å². The van der Waals surface area contributed by atoms with Crippen LogP contribution in [-0.4, -0.2) is 0 Å². The molecule has 0 radical (unpaired) electrons. The van der Waals surface area contributed by atoms with Crippen molar-refractivity contribution in [2.75, 3.05) is 0 Å². The minimum absolute atomic E-state index is 1.00. The molecule has 0 spiro atoms. The molecule has 0 nitrogen and oxygen atoms in total. The summed E-state index contributed by atoms with van der Waals surface area (Å²) in [7, 11) is 0. The maximum atomic E-state index is 2.45. The Labute approximate surface area is 126 Å². The molecule has 2 aliphatic rings. The molecule has 0 N–H and O–H groups in total. The van der Waals surface area contributed by atoms with E-state index in [2.05, 4.69) is 24.3 Å². The van der Waals surface area contributed by atoms with Crippen LogP contribution in [0.25, 0.3) is 0 Å². The first-order chi connectivity index (χ1) is 9.95. The summed E-state index contributed by atoms with van der Waals surface area (Å²) in [6, 6.07) is 0. The van der Waals surface area contributed by atoms with E-state index in [4.69, 9.17) is 0 Å². The highest BCUT2D eigenvalue weighted by Crippen LogP contribution is 2.27. The lowest BCUT2D eigenvalue weighted by Crippen LogP contribution is -2.04. The molecule has 20 heavy (non-hydrogen) atoms. The molecule has 0 bridgehead atoms. The van der Waals surface area contributed by atoms with Gasteiger partial charge in [0.15, 0.2) is 0 Å². The Balaban J connectivity index is 1.45. The van der Waals surface area contributed by atoms with Gasteiger partial charge in [0.2, 0.25) is 0 Å². The quantitative estimate of drug-likeness (QED) is 0.353. The molecule has 0 aromatic heterocycles. The lowest BCUT2D eigenvalue weighted by Gasteiger charge is -2.19. The maximum Gasteiger partial charge on any atom is -0.0316 e. The first-order valence-corrected chi connectivity index (χ1v) is 9.25. The second kappa shape index (κ2) is 10.2. The van der Waals surface area contributed by atoms with Gasteiger partial charge in [-0.3, -0.25) is 0 Å². The molecule has 0 atom stereocenters. The Morgan fingerprint density at radius 2 is 0.900 bits per heavy atom. The van der Waals surface area contributed by atoms with E-state index in [0.29, 0.717) is 0 Å². The summed E-state index contributed by atoms with van der Waals surface area (Å²) in [6.45, 7) is 0. The molecule has 0 unspecified atom stereocenters. The third-order valence-corrected chi connectivity index (χ3v) is 5.22. The van der Waals surface area contributed by atoms with Crippen molar-refractivity contribution in [3.63, 3.8) is 0 Å². The van der Waals surface area contributed by atoms with Gasteiger partial charge in [-0.05, 0) is 37.5 Å². The third kappa shape index (κ3) is 6.77. The van der Waals surface area contributed by atoms with Gasteiger partial charge in [-0.1, -0.05) is 88.5 Å². The molecular weight excluding hydrogens is 240 g/mol. The van der Waals surface area contributed by atoms with Crippen molar-refractivity contribution >= 4 is 0 Å². The fourth-order valence-electron chi connectivity index (χ4n) is 3.85. The van der Waals surface area contributed by atoms with Gasteiger partial charge in [0.1, 0.15) is 0 Å². The van der Waals surface area contributed by atoms with Gasteiger partial charge in [-0.15, -0.1) is 0 Å². The lowest BCUT2D eigenvalue weighted by molar-refractivity contribution is 0.361. The third-order valence-electron chi connectivity index (χ3n) is 5.22. The Morgan fingerprint density at radius 1 is 0.500 bits per heavy atom. The molecule has 2 aliphatic carbocycles. The SMILES string of the molecule is C(=C\CC1CCCCC1)/CC/C=C/CC1CCCCC1. The normalized spacial score (nSPS) is 23.0. The van der Waals surface area contributed by atoms with E-state index in [-0.39, 0.29) is 0 Å². The van der Waals surface area contributed by atoms with E-state index in [1.165, 1.54) is 89.9 Å². The topological polar surface area (TPSA) is 0 Å². The molecule has 2 fully saturated rings. The molecule has 2 rings (SSSR count). The zero-order valence-corrected chi connectivity index (χ0v) is 13.4. The van der Waals surface area contributed by atoms with E-state index in [1.54, 1.807) is 0 Å². The van der Waals surface area contributed by atoms with Gasteiger partial charge in [0, 0.05) is 0 Å². The van der Waals surface area contributed by atoms with Crippen molar-refractivity contribution in [2.45, 2.75) is 89.9 Å². The van der Waals surface area contributed by atoms with Crippen molar-refractivity contribution in [1.29, 1.82) is 0 Å². The number of hydrogen-bond donors (Lipinski definition) is 0. The van der Waals surface area contributed by atoms with Gasteiger partial charge in [0.25, 0.3) is 0 Å². The van der Waals surface area contributed by atoms with Gasteiger partial charge >= 0.3 is 0 Å². The Bertz CT molecular complexity index is 244. The Hall–Kier alpha value is -0.520. The molecule has 2 saturated carbocycles. The van der Waals surface area contributed by atoms with E-state index in [0.717, 1.165) is 11.8 Å². The van der Waals surface area contributed by atoms with Crippen LogP contribution < -0.4 is 0 Å². The van der Waals surface area contributed by atoms with E-state index in [1.807, 2.05) is 0 Å². The van der Waals surface area contributed by atoms with Crippen LogP contribution in [0.4, 0.5) is 0 Å². The Kier molecular flexibility index (Phi) is 8.12. The lowest BCUT2D eigenvalue weighted by atomic mass is 9.87. The molecule has 0 aromatic carbocycles. The van der Waals surface area contributed by atoms with E-state index < -0.39 is 0 Å². The highest BCUT2D eigenvalue weighted by molar-refractivity contribution is 4.90. The van der Waals surface area contributed by atoms with Crippen LogP contribution in [-0.2, 0) is 0 Å². The fourth-order valence-corrected chi connectivity index (χ4v) is 3.85. The highest BCUT2D eigenvalue weighted by atomic mass is 14.2. The van der Waals surface area contributed by atoms with Crippen molar-refractivity contribution in [2.24, 2.45) is 11.8 Å². The summed E-state index contributed by atoms with van der Waals surface area (Å²) >= 11 is 0. The molecule has 114 valence electrons. The minimum atomic E-state index is 1.00. The molecule has 0 heteroatoms. The second-order valence-electron chi connectivity index (χ2n) is 7.00. The maximum absolute atomic E-state index is 2.45. The first-order valence-electron chi connectivity index (χ1n) is 9.25. The minimum Gasteiger partial charge on any atom is -0.0883 e. The average Bonchev–Trinajstić information content (AvgIpc) is 2.52. The number of rotatable bonds is 7. The zero-order valence-electron chi connectivity index (χ0n) is 13.4. The van der Waals surface area contributed by atoms with Crippen LogP contribution in [0.15, 0.2) is 24.3 Å². The predicted molar refractivity (Wildman–Crippen MR) is 89.9 cm³/mol. The van der Waals surface area contributed by atoms with Crippen LogP contribution in [0.1, 0.15) is 89.9 Å². The average molecular weight is 274 g/mol. The summed E-state index contributed by atoms with van der Waals surface area (Å²) in [5, 5.41) is 0. The van der Waals surface area contributed by atoms with Crippen molar-refractivity contribution in [1.82, 2.24) is 0 Å². The molecule has 0 aliphatic heterocycles. The molecule has 0 saturated heterocycles. The van der Waals surface area contributed by atoms with Crippen LogP contribution in [0.5, 0.6) is 0 Å². The molecule has 0 amide bonds. The number of allylic oxidation sites excluding steroid dienone is 4. The van der Waals surface area contributed by atoms with Crippen LogP contribution >= 0.6 is 0 Å². The smallest absolute Gasteiger partial charge is 0.0316 e.